The average molecular weight is 415 g/mol. The van der Waals surface area contributed by atoms with Gasteiger partial charge in [0.05, 0.1) is 13.2 Å². The van der Waals surface area contributed by atoms with Gasteiger partial charge in [-0.3, -0.25) is 0 Å². The molecule has 2 aromatic carbocycles. The highest BCUT2D eigenvalue weighted by atomic mass is 19.4. The minimum absolute atomic E-state index is 0.0663. The van der Waals surface area contributed by atoms with Gasteiger partial charge >= 0.3 is 6.18 Å². The summed E-state index contributed by atoms with van der Waals surface area (Å²) >= 11 is 0. The molecule has 4 rings (SSSR count). The van der Waals surface area contributed by atoms with Crippen LogP contribution in [0, 0.1) is 0 Å². The van der Waals surface area contributed by atoms with Gasteiger partial charge in [-0.15, -0.1) is 10.2 Å². The molecular formula is C22H20F3N3O2. The van der Waals surface area contributed by atoms with Gasteiger partial charge in [0.25, 0.3) is 0 Å². The number of halogens is 3. The Morgan fingerprint density at radius 1 is 1.00 bits per heavy atom. The molecule has 8 heteroatoms. The van der Waals surface area contributed by atoms with Crippen molar-refractivity contribution >= 4 is 5.69 Å². The molecule has 1 aromatic heterocycles. The lowest BCUT2D eigenvalue weighted by Gasteiger charge is -2.22. The van der Waals surface area contributed by atoms with Crippen molar-refractivity contribution in [3.8, 4) is 17.0 Å². The Balaban J connectivity index is 1.45. The normalized spacial score (nSPS) is 16.7. The first-order valence-corrected chi connectivity index (χ1v) is 9.56. The van der Waals surface area contributed by atoms with E-state index in [1.54, 1.807) is 0 Å². The lowest BCUT2D eigenvalue weighted by Crippen LogP contribution is -2.25. The summed E-state index contributed by atoms with van der Waals surface area (Å²) < 4.78 is 43.5. The van der Waals surface area contributed by atoms with E-state index in [1.165, 1.54) is 6.07 Å². The van der Waals surface area contributed by atoms with Crippen molar-refractivity contribution in [2.24, 2.45) is 0 Å². The first kappa shape index (κ1) is 20.2. The van der Waals surface area contributed by atoms with Crippen molar-refractivity contribution in [2.45, 2.75) is 25.3 Å². The zero-order valence-electron chi connectivity index (χ0n) is 16.0. The molecule has 1 aliphatic heterocycles. The molecule has 1 atom stereocenters. The van der Waals surface area contributed by atoms with Crippen LogP contribution in [0.4, 0.5) is 18.9 Å². The van der Waals surface area contributed by atoms with Gasteiger partial charge in [0.15, 0.2) is 5.69 Å². The van der Waals surface area contributed by atoms with E-state index in [0.717, 1.165) is 28.4 Å². The van der Waals surface area contributed by atoms with E-state index < -0.39 is 11.9 Å². The van der Waals surface area contributed by atoms with Crippen molar-refractivity contribution < 1.29 is 23.0 Å². The fraction of sp³-hybridized carbons (Fsp3) is 0.273. The van der Waals surface area contributed by atoms with E-state index in [2.05, 4.69) is 15.1 Å². The summed E-state index contributed by atoms with van der Waals surface area (Å²) in [5.41, 5.74) is 2.78. The summed E-state index contributed by atoms with van der Waals surface area (Å²) in [4.78, 5) is 2.10. The van der Waals surface area contributed by atoms with Crippen LogP contribution in [0.5, 0.6) is 5.88 Å². The van der Waals surface area contributed by atoms with E-state index >= 15 is 0 Å². The fourth-order valence-electron chi connectivity index (χ4n) is 3.58. The Labute approximate surface area is 171 Å². The Bertz CT molecular complexity index is 995. The van der Waals surface area contributed by atoms with Gasteiger partial charge in [0.1, 0.15) is 6.10 Å². The molecule has 0 aliphatic carbocycles. The van der Waals surface area contributed by atoms with Gasteiger partial charge < -0.3 is 14.7 Å². The van der Waals surface area contributed by atoms with Crippen molar-refractivity contribution in [3.63, 3.8) is 0 Å². The predicted octanol–water partition coefficient (Wildman–Crippen LogP) is 4.31. The number of rotatable bonds is 5. The highest BCUT2D eigenvalue weighted by molar-refractivity contribution is 5.69. The summed E-state index contributed by atoms with van der Waals surface area (Å²) in [6.07, 6.45) is -4.06. The molecule has 0 spiro atoms. The molecule has 1 N–H and O–H groups in total. The van der Waals surface area contributed by atoms with Gasteiger partial charge in [-0.1, -0.05) is 36.4 Å². The maximum absolute atomic E-state index is 12.6. The first-order valence-electron chi connectivity index (χ1n) is 9.56. The Morgan fingerprint density at radius 2 is 1.80 bits per heavy atom. The molecule has 0 unspecified atom stereocenters. The number of hydrogen-bond acceptors (Lipinski definition) is 5. The monoisotopic (exact) mass is 415 g/mol. The number of anilines is 1. The summed E-state index contributed by atoms with van der Waals surface area (Å²) in [7, 11) is 0. The van der Waals surface area contributed by atoms with E-state index in [1.807, 2.05) is 48.5 Å². The standard InChI is InChI=1S/C22H20F3N3O2/c23-22(24,25)20-8-9-21(27-26-20)30-18-10-11-28(13-18)19-7-6-16(12-17(19)14-29)15-4-2-1-3-5-15/h1-9,12,18,29H,10-11,13-14H2/t18-/m0/s1. The third-order valence-corrected chi connectivity index (χ3v) is 5.06. The van der Waals surface area contributed by atoms with Gasteiger partial charge in [0, 0.05) is 30.3 Å². The molecule has 0 amide bonds. The van der Waals surface area contributed by atoms with E-state index in [9.17, 15) is 18.3 Å². The smallest absolute Gasteiger partial charge is 0.435 e. The van der Waals surface area contributed by atoms with Gasteiger partial charge in [-0.25, -0.2) is 0 Å². The number of nitrogens with zero attached hydrogens (tertiary/aromatic N) is 3. The van der Waals surface area contributed by atoms with Crippen molar-refractivity contribution in [1.82, 2.24) is 10.2 Å². The quantitative estimate of drug-likeness (QED) is 0.673. The summed E-state index contributed by atoms with van der Waals surface area (Å²) in [6.45, 7) is 1.15. The van der Waals surface area contributed by atoms with Crippen LogP contribution >= 0.6 is 0 Å². The predicted molar refractivity (Wildman–Crippen MR) is 106 cm³/mol. The largest absolute Gasteiger partial charge is 0.471 e. The van der Waals surface area contributed by atoms with E-state index in [0.29, 0.717) is 19.5 Å². The van der Waals surface area contributed by atoms with Crippen LogP contribution in [0.15, 0.2) is 60.7 Å². The molecule has 30 heavy (non-hydrogen) atoms. The summed E-state index contributed by atoms with van der Waals surface area (Å²) in [5.74, 6) is 0.0663. The van der Waals surface area contributed by atoms with Crippen LogP contribution in [0.3, 0.4) is 0 Å². The number of alkyl halides is 3. The van der Waals surface area contributed by atoms with Crippen LogP contribution in [0.1, 0.15) is 17.7 Å². The zero-order chi connectivity index (χ0) is 21.1. The van der Waals surface area contributed by atoms with Gasteiger partial charge in [0.2, 0.25) is 5.88 Å². The number of hydrogen-bond donors (Lipinski definition) is 1. The summed E-state index contributed by atoms with van der Waals surface area (Å²) in [5, 5.41) is 16.6. The van der Waals surface area contributed by atoms with Crippen LogP contribution in [0.25, 0.3) is 11.1 Å². The minimum Gasteiger partial charge on any atom is -0.471 e. The number of aliphatic hydroxyl groups is 1. The Hall–Kier alpha value is -3.13. The molecule has 1 saturated heterocycles. The maximum atomic E-state index is 12.6. The molecule has 1 aliphatic rings. The van der Waals surface area contributed by atoms with Gasteiger partial charge in [-0.2, -0.15) is 13.2 Å². The third kappa shape index (κ3) is 4.38. The van der Waals surface area contributed by atoms with Crippen molar-refractivity contribution in [1.29, 1.82) is 0 Å². The second-order valence-electron chi connectivity index (χ2n) is 7.10. The minimum atomic E-state index is -4.53. The zero-order valence-corrected chi connectivity index (χ0v) is 16.0. The SMILES string of the molecule is OCc1cc(-c2ccccc2)ccc1N1CC[C@H](Oc2ccc(C(F)(F)F)nn2)C1. The molecule has 5 nitrogen and oxygen atoms in total. The summed E-state index contributed by atoms with van der Waals surface area (Å²) in [6, 6.07) is 17.9. The molecule has 0 saturated carbocycles. The molecule has 0 bridgehead atoms. The van der Waals surface area contributed by atoms with E-state index in [4.69, 9.17) is 4.74 Å². The van der Waals surface area contributed by atoms with Crippen molar-refractivity contribution in [3.05, 3.63) is 71.9 Å². The number of benzene rings is 2. The number of aliphatic hydroxyl groups excluding tert-OH is 1. The highest BCUT2D eigenvalue weighted by Gasteiger charge is 2.33. The van der Waals surface area contributed by atoms with Crippen LogP contribution < -0.4 is 9.64 Å². The topological polar surface area (TPSA) is 58.5 Å². The van der Waals surface area contributed by atoms with Crippen molar-refractivity contribution in [2.75, 3.05) is 18.0 Å². The Kier molecular flexibility index (Phi) is 5.59. The van der Waals surface area contributed by atoms with Crippen LogP contribution in [0.2, 0.25) is 0 Å². The maximum Gasteiger partial charge on any atom is 0.435 e. The molecular weight excluding hydrogens is 395 g/mol. The van der Waals surface area contributed by atoms with Crippen LogP contribution in [-0.4, -0.2) is 34.5 Å². The van der Waals surface area contributed by atoms with E-state index in [-0.39, 0.29) is 18.6 Å². The lowest BCUT2D eigenvalue weighted by atomic mass is 10.0. The fourth-order valence-corrected chi connectivity index (χ4v) is 3.58. The number of aromatic nitrogens is 2. The molecule has 0 radical (unpaired) electrons. The molecule has 156 valence electrons. The van der Waals surface area contributed by atoms with Crippen LogP contribution in [-0.2, 0) is 12.8 Å². The molecule has 1 fully saturated rings. The highest BCUT2D eigenvalue weighted by Crippen LogP contribution is 2.31. The molecule has 3 aromatic rings. The Morgan fingerprint density at radius 3 is 2.47 bits per heavy atom. The average Bonchev–Trinajstić information content (AvgIpc) is 3.22. The lowest BCUT2D eigenvalue weighted by molar-refractivity contribution is -0.141. The second-order valence-corrected chi connectivity index (χ2v) is 7.10. The number of ether oxygens (including phenoxy) is 1. The first-order chi connectivity index (χ1) is 14.4. The molecule has 2 heterocycles. The second kappa shape index (κ2) is 8.31. The third-order valence-electron chi connectivity index (χ3n) is 5.06. The van der Waals surface area contributed by atoms with Gasteiger partial charge in [-0.05, 0) is 29.3 Å².